The van der Waals surface area contributed by atoms with Crippen molar-refractivity contribution in [3.63, 3.8) is 0 Å². The number of anilines is 1. The van der Waals surface area contributed by atoms with E-state index in [2.05, 4.69) is 36.2 Å². The Balaban J connectivity index is 1.45. The van der Waals surface area contributed by atoms with Crippen LogP contribution in [0.5, 0.6) is 0 Å². The fourth-order valence-corrected chi connectivity index (χ4v) is 3.20. The molecule has 0 unspecified atom stereocenters. The first kappa shape index (κ1) is 19.2. The van der Waals surface area contributed by atoms with E-state index < -0.39 is 0 Å². The van der Waals surface area contributed by atoms with Crippen LogP contribution in [0.25, 0.3) is 0 Å². The maximum atomic E-state index is 12.3. The smallest absolute Gasteiger partial charge is 0.289 e. The van der Waals surface area contributed by atoms with Crippen LogP contribution in [0.1, 0.15) is 42.3 Å². The molecule has 1 saturated heterocycles. The molecule has 27 heavy (non-hydrogen) atoms. The molecule has 6 nitrogen and oxygen atoms in total. The summed E-state index contributed by atoms with van der Waals surface area (Å²) in [4.78, 5) is 28.4. The van der Waals surface area contributed by atoms with Gasteiger partial charge >= 0.3 is 0 Å². The van der Waals surface area contributed by atoms with Crippen molar-refractivity contribution in [3.8, 4) is 0 Å². The van der Waals surface area contributed by atoms with E-state index in [0.29, 0.717) is 44.4 Å². The number of carbonyl (C=O) groups excluding carboxylic acids is 2. The summed E-state index contributed by atoms with van der Waals surface area (Å²) in [6, 6.07) is 11.4. The minimum atomic E-state index is -0.0921. The second-order valence-corrected chi connectivity index (χ2v) is 7.03. The summed E-state index contributed by atoms with van der Waals surface area (Å²) < 4.78 is 5.17. The Morgan fingerprint density at radius 3 is 2.41 bits per heavy atom. The summed E-state index contributed by atoms with van der Waals surface area (Å²) in [5.41, 5.74) is 2.10. The molecule has 1 aromatic carbocycles. The number of hydrogen-bond acceptors (Lipinski definition) is 4. The lowest BCUT2D eigenvalue weighted by Crippen LogP contribution is -2.50. The zero-order valence-electron chi connectivity index (χ0n) is 16.0. The zero-order chi connectivity index (χ0) is 19.2. The van der Waals surface area contributed by atoms with E-state index in [1.165, 1.54) is 11.8 Å². The summed E-state index contributed by atoms with van der Waals surface area (Å²) in [6.45, 7) is 7.23. The van der Waals surface area contributed by atoms with E-state index in [1.807, 2.05) is 12.1 Å². The predicted octanol–water partition coefficient (Wildman–Crippen LogP) is 3.19. The van der Waals surface area contributed by atoms with Crippen molar-refractivity contribution in [1.29, 1.82) is 0 Å². The van der Waals surface area contributed by atoms with Crippen LogP contribution in [0.4, 0.5) is 5.69 Å². The van der Waals surface area contributed by atoms with Gasteiger partial charge in [-0.2, -0.15) is 0 Å². The van der Waals surface area contributed by atoms with Gasteiger partial charge in [-0.05, 0) is 42.2 Å². The average Bonchev–Trinajstić information content (AvgIpc) is 3.23. The fraction of sp³-hybridized carbons (Fsp3) is 0.429. The van der Waals surface area contributed by atoms with Crippen molar-refractivity contribution >= 4 is 17.5 Å². The Kier molecular flexibility index (Phi) is 6.29. The quantitative estimate of drug-likeness (QED) is 0.849. The van der Waals surface area contributed by atoms with Gasteiger partial charge in [0.2, 0.25) is 5.91 Å². The number of piperazine rings is 1. The Labute approximate surface area is 160 Å². The highest BCUT2D eigenvalue weighted by molar-refractivity contribution is 5.92. The number of amides is 2. The van der Waals surface area contributed by atoms with E-state index in [9.17, 15) is 9.59 Å². The lowest BCUT2D eigenvalue weighted by Gasteiger charge is -2.33. The summed E-state index contributed by atoms with van der Waals surface area (Å²) in [7, 11) is 0. The van der Waals surface area contributed by atoms with Gasteiger partial charge in [-0.1, -0.05) is 26.0 Å². The van der Waals surface area contributed by atoms with Crippen LogP contribution in [-0.4, -0.2) is 54.3 Å². The van der Waals surface area contributed by atoms with Gasteiger partial charge in [0.05, 0.1) is 12.8 Å². The van der Waals surface area contributed by atoms with Gasteiger partial charge in [-0.15, -0.1) is 0 Å². The molecule has 1 atom stereocenters. The molecule has 2 aromatic rings. The molecule has 3 rings (SSSR count). The van der Waals surface area contributed by atoms with Gasteiger partial charge in [0, 0.05) is 31.9 Å². The second-order valence-electron chi connectivity index (χ2n) is 7.03. The predicted molar refractivity (Wildman–Crippen MR) is 105 cm³/mol. The maximum absolute atomic E-state index is 12.3. The fourth-order valence-electron chi connectivity index (χ4n) is 3.20. The highest BCUT2D eigenvalue weighted by atomic mass is 16.3. The topological polar surface area (TPSA) is 65.8 Å². The van der Waals surface area contributed by atoms with Crippen molar-refractivity contribution in [3.05, 3.63) is 54.0 Å². The third-order valence-electron chi connectivity index (χ3n) is 5.13. The van der Waals surface area contributed by atoms with Crippen LogP contribution >= 0.6 is 0 Å². The summed E-state index contributed by atoms with van der Waals surface area (Å²) in [5.74, 6) is 0.763. The van der Waals surface area contributed by atoms with Crippen molar-refractivity contribution in [2.75, 3.05) is 38.0 Å². The van der Waals surface area contributed by atoms with Crippen LogP contribution in [0.3, 0.4) is 0 Å². The molecular weight excluding hydrogens is 342 g/mol. The Hall–Kier alpha value is -2.60. The summed E-state index contributed by atoms with van der Waals surface area (Å²) >= 11 is 0. The monoisotopic (exact) mass is 369 g/mol. The first-order chi connectivity index (χ1) is 13.1. The third-order valence-corrected chi connectivity index (χ3v) is 5.13. The number of carbonyl (C=O) groups is 2. The number of furan rings is 1. The van der Waals surface area contributed by atoms with Crippen molar-refractivity contribution in [2.24, 2.45) is 0 Å². The van der Waals surface area contributed by atoms with E-state index in [0.717, 1.165) is 12.1 Å². The molecule has 144 valence electrons. The molecule has 6 heteroatoms. The molecule has 1 N–H and O–H groups in total. The molecule has 2 heterocycles. The largest absolute Gasteiger partial charge is 0.459 e. The summed E-state index contributed by atoms with van der Waals surface area (Å²) in [6.07, 6.45) is 2.60. The van der Waals surface area contributed by atoms with Crippen LogP contribution in [0, 0.1) is 0 Å². The Morgan fingerprint density at radius 1 is 1.11 bits per heavy atom. The first-order valence-electron chi connectivity index (χ1n) is 9.51. The minimum Gasteiger partial charge on any atom is -0.459 e. The number of benzene rings is 1. The SMILES string of the molecule is CC[C@H](C)c1ccc(NC(=O)CN2CCN(C(=O)c3ccco3)CC2)cc1. The maximum Gasteiger partial charge on any atom is 0.289 e. The van der Waals surface area contributed by atoms with Crippen molar-refractivity contribution in [1.82, 2.24) is 9.80 Å². The standard InChI is InChI=1S/C21H27N3O3/c1-3-16(2)17-6-8-18(9-7-17)22-20(25)15-23-10-12-24(13-11-23)21(26)19-5-4-14-27-19/h4-9,14,16H,3,10-13,15H2,1-2H3,(H,22,25)/t16-/m0/s1. The molecule has 2 amide bonds. The van der Waals surface area contributed by atoms with E-state index >= 15 is 0 Å². The van der Waals surface area contributed by atoms with Gasteiger partial charge in [0.1, 0.15) is 0 Å². The van der Waals surface area contributed by atoms with E-state index in [4.69, 9.17) is 4.42 Å². The van der Waals surface area contributed by atoms with Crippen LogP contribution in [-0.2, 0) is 4.79 Å². The Bertz CT molecular complexity index is 747. The van der Waals surface area contributed by atoms with Crippen LogP contribution < -0.4 is 5.32 Å². The molecule has 1 aliphatic rings. The van der Waals surface area contributed by atoms with Crippen molar-refractivity contribution < 1.29 is 14.0 Å². The second kappa shape index (κ2) is 8.86. The zero-order valence-corrected chi connectivity index (χ0v) is 16.0. The highest BCUT2D eigenvalue weighted by Gasteiger charge is 2.24. The average molecular weight is 369 g/mol. The Morgan fingerprint density at radius 2 is 1.81 bits per heavy atom. The van der Waals surface area contributed by atoms with E-state index in [-0.39, 0.29) is 11.8 Å². The number of nitrogens with one attached hydrogen (secondary N) is 1. The number of rotatable bonds is 6. The van der Waals surface area contributed by atoms with Crippen LogP contribution in [0.2, 0.25) is 0 Å². The number of hydrogen-bond donors (Lipinski definition) is 1. The van der Waals surface area contributed by atoms with E-state index in [1.54, 1.807) is 17.0 Å². The molecule has 1 fully saturated rings. The molecule has 0 radical (unpaired) electrons. The van der Waals surface area contributed by atoms with Crippen molar-refractivity contribution in [2.45, 2.75) is 26.2 Å². The normalized spacial score (nSPS) is 16.1. The van der Waals surface area contributed by atoms with Gasteiger partial charge in [0.15, 0.2) is 5.76 Å². The lowest BCUT2D eigenvalue weighted by atomic mass is 9.99. The molecule has 0 bridgehead atoms. The summed E-state index contributed by atoms with van der Waals surface area (Å²) in [5, 5.41) is 2.95. The van der Waals surface area contributed by atoms with Crippen LogP contribution in [0.15, 0.2) is 47.1 Å². The molecule has 0 aliphatic carbocycles. The molecule has 0 saturated carbocycles. The third kappa shape index (κ3) is 4.98. The molecular formula is C21H27N3O3. The van der Waals surface area contributed by atoms with Gasteiger partial charge < -0.3 is 14.6 Å². The molecule has 1 aromatic heterocycles. The molecule has 1 aliphatic heterocycles. The minimum absolute atomic E-state index is 0.0305. The molecule has 0 spiro atoms. The number of nitrogens with zero attached hydrogens (tertiary/aromatic N) is 2. The van der Waals surface area contributed by atoms with Gasteiger partial charge in [0.25, 0.3) is 5.91 Å². The highest BCUT2D eigenvalue weighted by Crippen LogP contribution is 2.20. The van der Waals surface area contributed by atoms with Gasteiger partial charge in [-0.25, -0.2) is 0 Å². The van der Waals surface area contributed by atoms with Gasteiger partial charge in [-0.3, -0.25) is 14.5 Å². The first-order valence-corrected chi connectivity index (χ1v) is 9.51. The lowest BCUT2D eigenvalue weighted by molar-refractivity contribution is -0.117.